The van der Waals surface area contributed by atoms with Crippen LogP contribution >= 0.6 is 0 Å². The Hall–Kier alpha value is -1.38. The van der Waals surface area contributed by atoms with Crippen LogP contribution in [0, 0.1) is 0 Å². The Bertz CT molecular complexity index is 251. The molecule has 0 spiro atoms. The van der Waals surface area contributed by atoms with E-state index in [1.165, 1.54) is 5.57 Å². The molecule has 0 bridgehead atoms. The molecule has 0 aliphatic carbocycles. The molecule has 0 saturated heterocycles. The van der Waals surface area contributed by atoms with Crippen molar-refractivity contribution in [3.63, 3.8) is 0 Å². The van der Waals surface area contributed by atoms with Crippen LogP contribution in [0.25, 0.3) is 0 Å². The van der Waals surface area contributed by atoms with E-state index in [-0.39, 0.29) is 0 Å². The zero-order chi connectivity index (χ0) is 9.68. The largest absolute Gasteiger partial charge is 0.394 e. The van der Waals surface area contributed by atoms with Crippen LogP contribution in [0.2, 0.25) is 0 Å². The molecule has 1 aliphatic rings. The standard InChI is InChI=1S/C10H17N3/c1-9(6-11-2)4-5-10-7-13(3)8-12-10/h4-7,11-12H,8H2,1-3H3/b5-4-,9-6+. The lowest BCUT2D eigenvalue weighted by Crippen LogP contribution is -2.16. The SMILES string of the molecule is CN/C=C(C)/C=C\C1=CN(C)CN1. The maximum atomic E-state index is 3.26. The first-order chi connectivity index (χ1) is 6.22. The highest BCUT2D eigenvalue weighted by molar-refractivity contribution is 5.26. The normalized spacial score (nSPS) is 17.6. The van der Waals surface area contributed by atoms with Gasteiger partial charge in [0.2, 0.25) is 0 Å². The van der Waals surface area contributed by atoms with Gasteiger partial charge in [-0.15, -0.1) is 0 Å². The minimum absolute atomic E-state index is 0.897. The van der Waals surface area contributed by atoms with E-state index in [0.717, 1.165) is 12.4 Å². The van der Waals surface area contributed by atoms with Gasteiger partial charge in [-0.05, 0) is 24.8 Å². The molecule has 0 aromatic carbocycles. The van der Waals surface area contributed by atoms with Crippen molar-refractivity contribution in [1.29, 1.82) is 0 Å². The van der Waals surface area contributed by atoms with Gasteiger partial charge in [-0.3, -0.25) is 0 Å². The van der Waals surface area contributed by atoms with E-state index in [1.807, 2.05) is 20.3 Å². The predicted octanol–water partition coefficient (Wildman–Crippen LogP) is 1.000. The Kier molecular flexibility index (Phi) is 3.43. The third-order valence-electron chi connectivity index (χ3n) is 1.79. The molecule has 72 valence electrons. The first-order valence-corrected chi connectivity index (χ1v) is 4.40. The summed E-state index contributed by atoms with van der Waals surface area (Å²) in [5.74, 6) is 0. The summed E-state index contributed by atoms with van der Waals surface area (Å²) in [6, 6.07) is 0. The summed E-state index contributed by atoms with van der Waals surface area (Å²) in [7, 11) is 3.95. The average Bonchev–Trinajstić information content (AvgIpc) is 2.49. The zero-order valence-corrected chi connectivity index (χ0v) is 8.46. The molecule has 1 heterocycles. The molecular formula is C10H17N3. The van der Waals surface area contributed by atoms with Crippen LogP contribution in [0.15, 0.2) is 35.8 Å². The van der Waals surface area contributed by atoms with Gasteiger partial charge in [0.05, 0.1) is 12.4 Å². The van der Waals surface area contributed by atoms with Crippen LogP contribution in [0.1, 0.15) is 6.92 Å². The van der Waals surface area contributed by atoms with E-state index in [2.05, 4.69) is 40.8 Å². The number of nitrogens with zero attached hydrogens (tertiary/aromatic N) is 1. The Morgan fingerprint density at radius 3 is 3.00 bits per heavy atom. The third-order valence-corrected chi connectivity index (χ3v) is 1.79. The molecular weight excluding hydrogens is 162 g/mol. The highest BCUT2D eigenvalue weighted by Gasteiger charge is 2.02. The number of hydrogen-bond acceptors (Lipinski definition) is 3. The first-order valence-electron chi connectivity index (χ1n) is 4.40. The fourth-order valence-electron chi connectivity index (χ4n) is 1.14. The van der Waals surface area contributed by atoms with Gasteiger partial charge in [-0.2, -0.15) is 0 Å². The Morgan fingerprint density at radius 1 is 1.69 bits per heavy atom. The Labute approximate surface area is 79.8 Å². The summed E-state index contributed by atoms with van der Waals surface area (Å²) >= 11 is 0. The fraction of sp³-hybridized carbons (Fsp3) is 0.400. The molecule has 0 saturated carbocycles. The molecule has 0 amide bonds. The van der Waals surface area contributed by atoms with Crippen molar-refractivity contribution in [2.45, 2.75) is 6.92 Å². The lowest BCUT2D eigenvalue weighted by molar-refractivity contribution is 0.474. The molecule has 0 fully saturated rings. The monoisotopic (exact) mass is 179 g/mol. The third kappa shape index (κ3) is 3.23. The summed E-state index contributed by atoms with van der Waals surface area (Å²) in [6.07, 6.45) is 8.21. The second kappa shape index (κ2) is 4.60. The molecule has 0 atom stereocenters. The van der Waals surface area contributed by atoms with Crippen molar-refractivity contribution >= 4 is 0 Å². The Morgan fingerprint density at radius 2 is 2.46 bits per heavy atom. The predicted molar refractivity (Wildman–Crippen MR) is 55.8 cm³/mol. The minimum Gasteiger partial charge on any atom is -0.394 e. The maximum Gasteiger partial charge on any atom is 0.0869 e. The van der Waals surface area contributed by atoms with Gasteiger partial charge in [0, 0.05) is 20.3 Å². The lowest BCUT2D eigenvalue weighted by Gasteiger charge is -2.02. The van der Waals surface area contributed by atoms with Crippen molar-refractivity contribution in [1.82, 2.24) is 15.5 Å². The first kappa shape index (κ1) is 9.71. The lowest BCUT2D eigenvalue weighted by atomic mass is 10.3. The number of rotatable bonds is 3. The van der Waals surface area contributed by atoms with Crippen LogP contribution in [0.3, 0.4) is 0 Å². The smallest absolute Gasteiger partial charge is 0.0869 e. The van der Waals surface area contributed by atoms with Crippen molar-refractivity contribution < 1.29 is 0 Å². The van der Waals surface area contributed by atoms with Gasteiger partial charge in [-0.1, -0.05) is 6.08 Å². The zero-order valence-electron chi connectivity index (χ0n) is 8.46. The quantitative estimate of drug-likeness (QED) is 0.633. The summed E-state index contributed by atoms with van der Waals surface area (Å²) in [4.78, 5) is 2.11. The van der Waals surface area contributed by atoms with E-state index in [4.69, 9.17) is 0 Å². The van der Waals surface area contributed by atoms with Gasteiger partial charge in [0.25, 0.3) is 0 Å². The molecule has 0 radical (unpaired) electrons. The second-order valence-corrected chi connectivity index (χ2v) is 3.19. The summed E-state index contributed by atoms with van der Waals surface area (Å²) in [5, 5.41) is 6.24. The second-order valence-electron chi connectivity index (χ2n) is 3.19. The van der Waals surface area contributed by atoms with Crippen LogP contribution in [0.5, 0.6) is 0 Å². The van der Waals surface area contributed by atoms with Crippen molar-refractivity contribution in [3.05, 3.63) is 35.8 Å². The highest BCUT2D eigenvalue weighted by atomic mass is 15.2. The highest BCUT2D eigenvalue weighted by Crippen LogP contribution is 2.03. The molecule has 3 nitrogen and oxygen atoms in total. The van der Waals surface area contributed by atoms with Crippen LogP contribution in [0.4, 0.5) is 0 Å². The van der Waals surface area contributed by atoms with E-state index >= 15 is 0 Å². The molecule has 0 aromatic rings. The molecule has 1 aliphatic heterocycles. The van der Waals surface area contributed by atoms with Crippen molar-refractivity contribution in [3.8, 4) is 0 Å². The minimum atomic E-state index is 0.897. The number of hydrogen-bond donors (Lipinski definition) is 2. The van der Waals surface area contributed by atoms with Crippen LogP contribution < -0.4 is 10.6 Å². The summed E-state index contributed by atoms with van der Waals surface area (Å²) in [5.41, 5.74) is 2.37. The van der Waals surface area contributed by atoms with Gasteiger partial charge in [0.15, 0.2) is 0 Å². The molecule has 0 unspecified atom stereocenters. The van der Waals surface area contributed by atoms with Crippen LogP contribution in [-0.4, -0.2) is 25.7 Å². The molecule has 3 heteroatoms. The van der Waals surface area contributed by atoms with E-state index in [0.29, 0.717) is 0 Å². The van der Waals surface area contributed by atoms with Crippen molar-refractivity contribution in [2.75, 3.05) is 20.8 Å². The van der Waals surface area contributed by atoms with Gasteiger partial charge in [0.1, 0.15) is 0 Å². The van der Waals surface area contributed by atoms with E-state index in [9.17, 15) is 0 Å². The Balaban J connectivity index is 2.49. The molecule has 1 rings (SSSR count). The van der Waals surface area contributed by atoms with Crippen LogP contribution in [-0.2, 0) is 0 Å². The number of allylic oxidation sites excluding steroid dienone is 3. The topological polar surface area (TPSA) is 27.3 Å². The van der Waals surface area contributed by atoms with Gasteiger partial charge >= 0.3 is 0 Å². The summed E-state index contributed by atoms with van der Waals surface area (Å²) < 4.78 is 0. The van der Waals surface area contributed by atoms with Gasteiger partial charge in [-0.25, -0.2) is 0 Å². The average molecular weight is 179 g/mol. The van der Waals surface area contributed by atoms with Crippen molar-refractivity contribution in [2.24, 2.45) is 0 Å². The molecule has 0 aromatic heterocycles. The summed E-state index contributed by atoms with van der Waals surface area (Å²) in [6.45, 7) is 2.96. The fourth-order valence-corrected chi connectivity index (χ4v) is 1.14. The molecule has 13 heavy (non-hydrogen) atoms. The van der Waals surface area contributed by atoms with Gasteiger partial charge < -0.3 is 15.5 Å². The van der Waals surface area contributed by atoms with E-state index in [1.54, 1.807) is 0 Å². The maximum absolute atomic E-state index is 3.26. The number of nitrogens with one attached hydrogen (secondary N) is 2. The van der Waals surface area contributed by atoms with E-state index < -0.39 is 0 Å². The molecule has 2 N–H and O–H groups in total.